The summed E-state index contributed by atoms with van der Waals surface area (Å²) in [6.45, 7) is 1.95. The van der Waals surface area contributed by atoms with Crippen molar-refractivity contribution in [1.82, 2.24) is 4.72 Å². The third-order valence-electron chi connectivity index (χ3n) is 4.29. The highest BCUT2D eigenvalue weighted by molar-refractivity contribution is 8.01. The van der Waals surface area contributed by atoms with Crippen LogP contribution in [0.4, 0.5) is 23.2 Å². The number of carbonyl (C=O) groups excluding carboxylic acids is 1. The number of hydrogen-bond acceptors (Lipinski definition) is 5. The van der Waals surface area contributed by atoms with Gasteiger partial charge in [-0.3, -0.25) is 14.5 Å². The van der Waals surface area contributed by atoms with Crippen LogP contribution < -0.4 is 14.4 Å². The van der Waals surface area contributed by atoms with Crippen LogP contribution in [0.25, 0.3) is 11.8 Å². The highest BCUT2D eigenvalue weighted by Gasteiger charge is 2.17. The molecule has 0 saturated heterocycles. The van der Waals surface area contributed by atoms with Crippen LogP contribution in [0.5, 0.6) is 5.75 Å². The molecular formula is C23H23F4N3O2S. The minimum atomic E-state index is -2.74. The number of methoxy groups -OCH3 is 1. The van der Waals surface area contributed by atoms with Crippen molar-refractivity contribution in [3.8, 4) is 5.75 Å². The highest BCUT2D eigenvalue weighted by Crippen LogP contribution is 2.22. The maximum Gasteiger partial charge on any atom is 0.255 e. The predicted octanol–water partition coefficient (Wildman–Crippen LogP) is 5.51. The summed E-state index contributed by atoms with van der Waals surface area (Å²) in [7, 11) is 1.57. The summed E-state index contributed by atoms with van der Waals surface area (Å²) in [4.78, 5) is 16.9. The SMILES string of the molecule is C=N/C(=C\SNC(=O)/C=C/c1ccc(N(CC(F)F)CC(F)F)cc1)c1ccc(OC)cc1. The van der Waals surface area contributed by atoms with Crippen molar-refractivity contribution in [2.75, 3.05) is 25.1 Å². The second kappa shape index (κ2) is 13.3. The number of alkyl halides is 4. The maximum atomic E-state index is 12.6. The summed E-state index contributed by atoms with van der Waals surface area (Å²) < 4.78 is 58.3. The molecule has 2 aromatic rings. The lowest BCUT2D eigenvalue weighted by molar-refractivity contribution is -0.114. The van der Waals surface area contributed by atoms with Crippen molar-refractivity contribution in [3.63, 3.8) is 0 Å². The summed E-state index contributed by atoms with van der Waals surface area (Å²) in [5.74, 6) is 0.313. The van der Waals surface area contributed by atoms with Gasteiger partial charge in [0.05, 0.1) is 25.9 Å². The van der Waals surface area contributed by atoms with Crippen LogP contribution in [0.15, 0.2) is 65.0 Å². The first kappa shape index (κ1) is 26.0. The zero-order valence-electron chi connectivity index (χ0n) is 17.8. The second-order valence-electron chi connectivity index (χ2n) is 6.59. The number of amides is 1. The Labute approximate surface area is 194 Å². The molecule has 2 aromatic carbocycles. The highest BCUT2D eigenvalue weighted by atomic mass is 32.2. The first-order valence-electron chi connectivity index (χ1n) is 9.68. The Morgan fingerprint density at radius 3 is 2.21 bits per heavy atom. The van der Waals surface area contributed by atoms with Gasteiger partial charge in [0.2, 0.25) is 0 Å². The lowest BCUT2D eigenvalue weighted by Crippen LogP contribution is -2.33. The van der Waals surface area contributed by atoms with Gasteiger partial charge in [-0.05, 0) is 66.7 Å². The number of nitrogens with one attached hydrogen (secondary N) is 1. The molecular weight excluding hydrogens is 458 g/mol. The van der Waals surface area contributed by atoms with Crippen molar-refractivity contribution in [2.24, 2.45) is 4.99 Å². The molecule has 0 aliphatic heterocycles. The Morgan fingerprint density at radius 2 is 1.70 bits per heavy atom. The van der Waals surface area contributed by atoms with Crippen molar-refractivity contribution in [1.29, 1.82) is 0 Å². The third kappa shape index (κ3) is 9.01. The molecule has 0 bridgehead atoms. The number of carbonyl (C=O) groups is 1. The first-order chi connectivity index (χ1) is 15.8. The van der Waals surface area contributed by atoms with Crippen LogP contribution in [0.1, 0.15) is 11.1 Å². The van der Waals surface area contributed by atoms with E-state index in [1.54, 1.807) is 36.8 Å². The van der Waals surface area contributed by atoms with Gasteiger partial charge in [0.15, 0.2) is 0 Å². The van der Waals surface area contributed by atoms with Crippen LogP contribution in [0, 0.1) is 0 Å². The van der Waals surface area contributed by atoms with Crippen molar-refractivity contribution in [2.45, 2.75) is 12.9 Å². The normalized spacial score (nSPS) is 11.8. The van der Waals surface area contributed by atoms with Gasteiger partial charge in [0.25, 0.3) is 18.8 Å². The molecule has 0 aliphatic rings. The van der Waals surface area contributed by atoms with Gasteiger partial charge in [-0.2, -0.15) is 0 Å². The summed E-state index contributed by atoms with van der Waals surface area (Å²) in [6, 6.07) is 13.2. The molecule has 2 rings (SSSR count). The number of anilines is 1. The van der Waals surface area contributed by atoms with Crippen LogP contribution in [-0.4, -0.2) is 45.7 Å². The molecule has 0 heterocycles. The molecule has 176 valence electrons. The Morgan fingerprint density at radius 1 is 1.09 bits per heavy atom. The number of nitrogens with zero attached hydrogens (tertiary/aromatic N) is 2. The van der Waals surface area contributed by atoms with E-state index < -0.39 is 31.8 Å². The summed E-state index contributed by atoms with van der Waals surface area (Å²) >= 11 is 1.03. The summed E-state index contributed by atoms with van der Waals surface area (Å²) in [5, 5.41) is 1.63. The average Bonchev–Trinajstić information content (AvgIpc) is 2.80. The van der Waals surface area contributed by atoms with Crippen molar-refractivity contribution in [3.05, 3.63) is 71.1 Å². The monoisotopic (exact) mass is 481 g/mol. The number of ether oxygens (including phenoxy) is 1. The number of hydrogen-bond donors (Lipinski definition) is 1. The first-order valence-corrected chi connectivity index (χ1v) is 10.6. The van der Waals surface area contributed by atoms with E-state index in [4.69, 9.17) is 4.74 Å². The molecule has 0 radical (unpaired) electrons. The van der Waals surface area contributed by atoms with Gasteiger partial charge in [0.1, 0.15) is 5.75 Å². The molecule has 0 aliphatic carbocycles. The number of halogens is 4. The van der Waals surface area contributed by atoms with Gasteiger partial charge in [-0.25, -0.2) is 17.6 Å². The van der Waals surface area contributed by atoms with Crippen molar-refractivity contribution < 1.29 is 27.1 Å². The molecule has 0 spiro atoms. The van der Waals surface area contributed by atoms with Gasteiger partial charge < -0.3 is 9.64 Å². The van der Waals surface area contributed by atoms with E-state index in [2.05, 4.69) is 16.4 Å². The minimum absolute atomic E-state index is 0.251. The smallest absolute Gasteiger partial charge is 0.255 e. The van der Waals surface area contributed by atoms with Crippen LogP contribution in [0.2, 0.25) is 0 Å². The fourth-order valence-electron chi connectivity index (χ4n) is 2.72. The summed E-state index contributed by atoms with van der Waals surface area (Å²) in [5.41, 5.74) is 2.23. The van der Waals surface area contributed by atoms with E-state index in [0.29, 0.717) is 17.0 Å². The van der Waals surface area contributed by atoms with E-state index in [1.807, 2.05) is 12.1 Å². The quantitative estimate of drug-likeness (QED) is 0.188. The fraction of sp³-hybridized carbons (Fsp3) is 0.217. The molecule has 1 amide bonds. The molecule has 10 heteroatoms. The molecule has 0 saturated carbocycles. The van der Waals surface area contributed by atoms with Crippen LogP contribution >= 0.6 is 11.9 Å². The molecule has 0 aromatic heterocycles. The van der Waals surface area contributed by atoms with E-state index in [0.717, 1.165) is 22.4 Å². The zero-order valence-corrected chi connectivity index (χ0v) is 18.6. The Kier molecular flexibility index (Phi) is 10.5. The van der Waals surface area contributed by atoms with Gasteiger partial charge in [0, 0.05) is 22.7 Å². The summed E-state index contributed by atoms with van der Waals surface area (Å²) in [6.07, 6.45) is -2.66. The number of benzene rings is 2. The van der Waals surface area contributed by atoms with Crippen molar-refractivity contribution >= 4 is 42.0 Å². The van der Waals surface area contributed by atoms with Gasteiger partial charge >= 0.3 is 0 Å². The standard InChI is InChI=1S/C23H23F4N3O2S/c1-28-20(17-6-10-19(32-2)11-7-17)15-33-29-23(31)12-5-16-3-8-18(9-4-16)30(13-21(24)25)14-22(26)27/h3-12,15,21-22H,1,13-14H2,2H3,(H,29,31)/b12-5+,20-15-. The Hall–Kier alpha value is -3.27. The Bertz CT molecular complexity index is 955. The lowest BCUT2D eigenvalue weighted by atomic mass is 10.2. The molecule has 0 fully saturated rings. The zero-order chi connectivity index (χ0) is 24.2. The number of aliphatic imine (C=N–C) groups is 1. The van der Waals surface area contributed by atoms with E-state index >= 15 is 0 Å². The second-order valence-corrected chi connectivity index (χ2v) is 7.26. The van der Waals surface area contributed by atoms with Gasteiger partial charge in [-0.15, -0.1) is 0 Å². The molecule has 0 unspecified atom stereocenters. The lowest BCUT2D eigenvalue weighted by Gasteiger charge is -2.24. The van der Waals surface area contributed by atoms with Crippen LogP contribution in [0.3, 0.4) is 0 Å². The third-order valence-corrected chi connectivity index (χ3v) is 4.95. The number of rotatable bonds is 12. The molecule has 0 atom stereocenters. The Balaban J connectivity index is 1.93. The topological polar surface area (TPSA) is 53.9 Å². The van der Waals surface area contributed by atoms with E-state index in [9.17, 15) is 22.4 Å². The van der Waals surface area contributed by atoms with E-state index in [-0.39, 0.29) is 5.69 Å². The molecule has 5 nitrogen and oxygen atoms in total. The minimum Gasteiger partial charge on any atom is -0.497 e. The average molecular weight is 482 g/mol. The van der Waals surface area contributed by atoms with Crippen LogP contribution in [-0.2, 0) is 4.79 Å². The van der Waals surface area contributed by atoms with Gasteiger partial charge in [-0.1, -0.05) is 12.1 Å². The molecule has 1 N–H and O–H groups in total. The maximum absolute atomic E-state index is 12.6. The largest absolute Gasteiger partial charge is 0.497 e. The molecule has 33 heavy (non-hydrogen) atoms. The van der Waals surface area contributed by atoms with E-state index in [1.165, 1.54) is 24.3 Å². The fourth-order valence-corrected chi connectivity index (χ4v) is 3.29. The predicted molar refractivity (Wildman–Crippen MR) is 126 cm³/mol.